The van der Waals surface area contributed by atoms with Gasteiger partial charge in [0.15, 0.2) is 0 Å². The number of benzene rings is 1. The number of anilines is 1. The molecule has 1 aromatic rings. The second kappa shape index (κ2) is 6.66. The third-order valence-corrected chi connectivity index (χ3v) is 3.60. The second-order valence-corrected chi connectivity index (χ2v) is 5.11. The number of ether oxygens (including phenoxy) is 2. The minimum atomic E-state index is -0.0407. The molecule has 20 heavy (non-hydrogen) atoms. The lowest BCUT2D eigenvalue weighted by atomic mass is 10.1. The quantitative estimate of drug-likeness (QED) is 0.844. The zero-order valence-corrected chi connectivity index (χ0v) is 12.4. The lowest BCUT2D eigenvalue weighted by Crippen LogP contribution is -2.15. The maximum absolute atomic E-state index is 12.0. The van der Waals surface area contributed by atoms with E-state index in [2.05, 4.69) is 17.5 Å². The van der Waals surface area contributed by atoms with Crippen LogP contribution < -0.4 is 14.8 Å². The van der Waals surface area contributed by atoms with E-state index in [1.165, 1.54) is 14.2 Å². The highest BCUT2D eigenvalue weighted by Crippen LogP contribution is 2.36. The Labute approximate surface area is 123 Å². The Kier molecular flexibility index (Phi) is 4.90. The Bertz CT molecular complexity index is 528. The van der Waals surface area contributed by atoms with Gasteiger partial charge in [-0.2, -0.15) is 0 Å². The van der Waals surface area contributed by atoms with Gasteiger partial charge >= 0.3 is 0 Å². The fourth-order valence-corrected chi connectivity index (χ4v) is 2.50. The highest BCUT2D eigenvalue weighted by atomic mass is 35.5. The summed E-state index contributed by atoms with van der Waals surface area (Å²) in [5.74, 6) is 1.33. The molecule has 0 saturated heterocycles. The molecule has 0 spiro atoms. The van der Waals surface area contributed by atoms with Gasteiger partial charge in [0.1, 0.15) is 11.5 Å². The molecular weight excluding hydrogens is 278 g/mol. The highest BCUT2D eigenvalue weighted by Gasteiger charge is 2.16. The third kappa shape index (κ3) is 3.45. The average Bonchev–Trinajstić information content (AvgIpc) is 2.91. The molecule has 5 heteroatoms. The molecule has 1 amide bonds. The average molecular weight is 296 g/mol. The Hall–Kier alpha value is -1.68. The van der Waals surface area contributed by atoms with Crippen molar-refractivity contribution >= 4 is 23.2 Å². The molecule has 0 heterocycles. The van der Waals surface area contributed by atoms with Crippen molar-refractivity contribution < 1.29 is 14.3 Å². The molecule has 1 atom stereocenters. The van der Waals surface area contributed by atoms with Gasteiger partial charge in [0.2, 0.25) is 5.91 Å². The van der Waals surface area contributed by atoms with Crippen molar-refractivity contribution in [3.05, 3.63) is 29.3 Å². The summed E-state index contributed by atoms with van der Waals surface area (Å²) in [4.78, 5) is 12.0. The number of amides is 1. The van der Waals surface area contributed by atoms with Crippen LogP contribution in [-0.4, -0.2) is 20.1 Å². The van der Waals surface area contributed by atoms with Crippen molar-refractivity contribution in [1.29, 1.82) is 0 Å². The van der Waals surface area contributed by atoms with Crippen LogP contribution in [0.2, 0.25) is 5.02 Å². The van der Waals surface area contributed by atoms with Crippen LogP contribution in [0, 0.1) is 5.92 Å². The summed E-state index contributed by atoms with van der Waals surface area (Å²) in [7, 11) is 3.07. The van der Waals surface area contributed by atoms with Gasteiger partial charge in [0.25, 0.3) is 0 Å². The maximum Gasteiger partial charge on any atom is 0.225 e. The molecule has 0 aromatic heterocycles. The van der Waals surface area contributed by atoms with Crippen molar-refractivity contribution in [2.24, 2.45) is 5.92 Å². The Morgan fingerprint density at radius 1 is 1.35 bits per heavy atom. The molecule has 1 aliphatic rings. The van der Waals surface area contributed by atoms with Crippen molar-refractivity contribution in [3.8, 4) is 11.5 Å². The fourth-order valence-electron chi connectivity index (χ4n) is 2.26. The van der Waals surface area contributed by atoms with Gasteiger partial charge in [-0.3, -0.25) is 4.79 Å². The first-order chi connectivity index (χ1) is 9.63. The minimum absolute atomic E-state index is 0.0407. The number of halogens is 1. The van der Waals surface area contributed by atoms with Crippen molar-refractivity contribution in [2.75, 3.05) is 19.5 Å². The van der Waals surface area contributed by atoms with Gasteiger partial charge in [-0.25, -0.2) is 0 Å². The minimum Gasteiger partial charge on any atom is -0.495 e. The van der Waals surface area contributed by atoms with E-state index in [0.29, 0.717) is 34.5 Å². The highest BCUT2D eigenvalue weighted by molar-refractivity contribution is 6.32. The van der Waals surface area contributed by atoms with Crippen LogP contribution in [0.5, 0.6) is 11.5 Å². The van der Waals surface area contributed by atoms with E-state index in [1.807, 2.05) is 0 Å². The Morgan fingerprint density at radius 3 is 2.70 bits per heavy atom. The van der Waals surface area contributed by atoms with E-state index in [0.717, 1.165) is 12.8 Å². The summed E-state index contributed by atoms with van der Waals surface area (Å²) < 4.78 is 10.4. The zero-order chi connectivity index (χ0) is 14.5. The number of hydrogen-bond acceptors (Lipinski definition) is 3. The zero-order valence-electron chi connectivity index (χ0n) is 11.6. The number of carbonyl (C=O) groups excluding carboxylic acids is 1. The van der Waals surface area contributed by atoms with Gasteiger partial charge in [-0.15, -0.1) is 0 Å². The molecule has 0 saturated carbocycles. The lowest BCUT2D eigenvalue weighted by molar-refractivity contribution is -0.116. The fraction of sp³-hybridized carbons (Fsp3) is 0.400. The van der Waals surface area contributed by atoms with Gasteiger partial charge < -0.3 is 14.8 Å². The van der Waals surface area contributed by atoms with Crippen molar-refractivity contribution in [1.82, 2.24) is 0 Å². The van der Waals surface area contributed by atoms with Crippen LogP contribution >= 0.6 is 11.6 Å². The molecule has 0 unspecified atom stereocenters. The van der Waals surface area contributed by atoms with E-state index < -0.39 is 0 Å². The van der Waals surface area contributed by atoms with Gasteiger partial charge in [0, 0.05) is 12.5 Å². The standard InChI is InChI=1S/C15H18ClNO3/c1-19-13-9-14(20-2)12(8-11(13)16)17-15(18)7-10-5-3-4-6-10/h3,5,8-10H,4,6-7H2,1-2H3,(H,17,18)/t10-/m0/s1. The molecule has 0 fully saturated rings. The molecule has 108 valence electrons. The molecular formula is C15H18ClNO3. The van der Waals surface area contributed by atoms with Crippen molar-refractivity contribution in [2.45, 2.75) is 19.3 Å². The Balaban J connectivity index is 2.09. The number of carbonyl (C=O) groups is 1. The summed E-state index contributed by atoms with van der Waals surface area (Å²) in [5, 5.41) is 3.28. The smallest absolute Gasteiger partial charge is 0.225 e. The molecule has 0 bridgehead atoms. The number of methoxy groups -OCH3 is 2. The SMILES string of the molecule is COc1cc(OC)c(NC(=O)C[C@H]2C=CCC2)cc1Cl. The first-order valence-electron chi connectivity index (χ1n) is 6.52. The number of rotatable bonds is 5. The van der Waals surface area contributed by atoms with E-state index in [4.69, 9.17) is 21.1 Å². The van der Waals surface area contributed by atoms with E-state index in [-0.39, 0.29) is 5.91 Å². The maximum atomic E-state index is 12.0. The molecule has 1 aromatic carbocycles. The van der Waals surface area contributed by atoms with Gasteiger partial charge in [-0.05, 0) is 24.8 Å². The number of nitrogens with one attached hydrogen (secondary N) is 1. The van der Waals surface area contributed by atoms with E-state index in [1.54, 1.807) is 12.1 Å². The van der Waals surface area contributed by atoms with Crippen LogP contribution in [0.4, 0.5) is 5.69 Å². The molecule has 1 aliphatic carbocycles. The summed E-state index contributed by atoms with van der Waals surface area (Å²) in [6.07, 6.45) is 6.77. The van der Waals surface area contributed by atoms with Gasteiger partial charge in [-0.1, -0.05) is 23.8 Å². The predicted octanol–water partition coefficient (Wildman–Crippen LogP) is 3.65. The van der Waals surface area contributed by atoms with Crippen LogP contribution in [-0.2, 0) is 4.79 Å². The lowest BCUT2D eigenvalue weighted by Gasteiger charge is -2.14. The predicted molar refractivity (Wildman–Crippen MR) is 79.7 cm³/mol. The monoisotopic (exact) mass is 295 g/mol. The third-order valence-electron chi connectivity index (χ3n) is 3.31. The molecule has 4 nitrogen and oxygen atoms in total. The van der Waals surface area contributed by atoms with Gasteiger partial charge in [0.05, 0.1) is 24.9 Å². The van der Waals surface area contributed by atoms with E-state index >= 15 is 0 Å². The molecule has 2 rings (SSSR count). The number of allylic oxidation sites excluding steroid dienone is 2. The van der Waals surface area contributed by atoms with Crippen LogP contribution in [0.25, 0.3) is 0 Å². The first-order valence-corrected chi connectivity index (χ1v) is 6.90. The summed E-state index contributed by atoms with van der Waals surface area (Å²) in [6, 6.07) is 3.30. The molecule has 1 N–H and O–H groups in total. The van der Waals surface area contributed by atoms with Crippen LogP contribution in [0.1, 0.15) is 19.3 Å². The van der Waals surface area contributed by atoms with Crippen LogP contribution in [0.15, 0.2) is 24.3 Å². The summed E-state index contributed by atoms with van der Waals surface area (Å²) in [5.41, 5.74) is 0.560. The topological polar surface area (TPSA) is 47.6 Å². The summed E-state index contributed by atoms with van der Waals surface area (Å²) in [6.45, 7) is 0. The summed E-state index contributed by atoms with van der Waals surface area (Å²) >= 11 is 6.07. The first kappa shape index (κ1) is 14.7. The van der Waals surface area contributed by atoms with E-state index in [9.17, 15) is 4.79 Å². The van der Waals surface area contributed by atoms with Crippen LogP contribution in [0.3, 0.4) is 0 Å². The molecule has 0 radical (unpaired) electrons. The largest absolute Gasteiger partial charge is 0.495 e. The van der Waals surface area contributed by atoms with Crippen molar-refractivity contribution in [3.63, 3.8) is 0 Å². The molecule has 0 aliphatic heterocycles. The Morgan fingerprint density at radius 2 is 2.10 bits per heavy atom. The second-order valence-electron chi connectivity index (χ2n) is 4.70. The normalized spacial score (nSPS) is 17.1. The number of hydrogen-bond donors (Lipinski definition) is 1.